The summed E-state index contributed by atoms with van der Waals surface area (Å²) >= 11 is 0. The number of hydrogen-bond donors (Lipinski definition) is 1. The van der Waals surface area contributed by atoms with Crippen LogP contribution in [0.5, 0.6) is 0 Å². The van der Waals surface area contributed by atoms with Crippen molar-refractivity contribution in [1.29, 1.82) is 0 Å². The molecule has 2 amide bonds. The summed E-state index contributed by atoms with van der Waals surface area (Å²) in [5.74, 6) is 0.628. The number of rotatable bonds is 5. The molecule has 154 valence electrons. The number of nitrogens with zero attached hydrogens (tertiary/aromatic N) is 4. The Labute approximate surface area is 172 Å². The Morgan fingerprint density at radius 3 is 2.38 bits per heavy atom. The molecular formula is C22H29N5O2. The zero-order valence-corrected chi connectivity index (χ0v) is 17.6. The van der Waals surface area contributed by atoms with Crippen LogP contribution in [0.1, 0.15) is 29.5 Å². The number of benzene rings is 1. The lowest BCUT2D eigenvalue weighted by Gasteiger charge is -2.33. The first kappa shape index (κ1) is 20.8. The average molecular weight is 396 g/mol. The molecule has 0 atom stereocenters. The Hall–Kier alpha value is -2.96. The molecule has 0 unspecified atom stereocenters. The zero-order chi connectivity index (χ0) is 21.0. The minimum absolute atomic E-state index is 0.0243. The molecule has 2 heterocycles. The van der Waals surface area contributed by atoms with Crippen molar-refractivity contribution in [2.45, 2.75) is 33.6 Å². The topological polar surface area (TPSA) is 78.4 Å². The molecule has 1 saturated heterocycles. The van der Waals surface area contributed by atoms with E-state index in [1.54, 1.807) is 25.6 Å². The van der Waals surface area contributed by atoms with Crippen molar-refractivity contribution in [2.24, 2.45) is 5.92 Å². The van der Waals surface area contributed by atoms with Gasteiger partial charge in [-0.05, 0) is 44.7 Å². The number of piperidine rings is 1. The van der Waals surface area contributed by atoms with Gasteiger partial charge in [0.2, 0.25) is 11.8 Å². The molecule has 3 rings (SSSR count). The summed E-state index contributed by atoms with van der Waals surface area (Å²) < 4.78 is 0. The Bertz CT molecular complexity index is 853. The van der Waals surface area contributed by atoms with Crippen molar-refractivity contribution in [2.75, 3.05) is 36.9 Å². The molecule has 1 aliphatic rings. The smallest absolute Gasteiger partial charge is 0.243 e. The van der Waals surface area contributed by atoms with Gasteiger partial charge in [-0.15, -0.1) is 0 Å². The molecule has 7 nitrogen and oxygen atoms in total. The fourth-order valence-electron chi connectivity index (χ4n) is 3.97. The highest BCUT2D eigenvalue weighted by molar-refractivity contribution is 5.96. The summed E-state index contributed by atoms with van der Waals surface area (Å²) in [7, 11) is 1.70. The predicted molar refractivity (Wildman–Crippen MR) is 114 cm³/mol. The summed E-state index contributed by atoms with van der Waals surface area (Å²) in [5, 5.41) is 2.97. The van der Waals surface area contributed by atoms with E-state index in [-0.39, 0.29) is 24.3 Å². The van der Waals surface area contributed by atoms with Gasteiger partial charge in [-0.2, -0.15) is 0 Å². The van der Waals surface area contributed by atoms with Gasteiger partial charge in [0.05, 0.1) is 12.7 Å². The number of nitrogens with one attached hydrogen (secondary N) is 1. The average Bonchev–Trinajstić information content (AvgIpc) is 2.71. The molecule has 1 aliphatic heterocycles. The lowest BCUT2D eigenvalue weighted by Crippen LogP contribution is -2.43. The van der Waals surface area contributed by atoms with E-state index in [9.17, 15) is 9.59 Å². The molecule has 0 saturated carbocycles. The van der Waals surface area contributed by atoms with Crippen LogP contribution in [0, 0.1) is 26.7 Å². The number of hydrogen-bond acceptors (Lipinski definition) is 5. The van der Waals surface area contributed by atoms with Gasteiger partial charge in [0.1, 0.15) is 5.82 Å². The Morgan fingerprint density at radius 2 is 1.79 bits per heavy atom. The number of anilines is 2. The normalized spacial score (nSPS) is 14.6. The van der Waals surface area contributed by atoms with Gasteiger partial charge in [0.15, 0.2) is 0 Å². The van der Waals surface area contributed by atoms with Crippen molar-refractivity contribution in [3.63, 3.8) is 0 Å². The Kier molecular flexibility index (Phi) is 6.46. The summed E-state index contributed by atoms with van der Waals surface area (Å²) in [6.07, 6.45) is 6.57. The lowest BCUT2D eigenvalue weighted by molar-refractivity contribution is -0.137. The summed E-state index contributed by atoms with van der Waals surface area (Å²) in [5.41, 5.74) is 4.05. The first-order valence-corrected chi connectivity index (χ1v) is 9.98. The number of likely N-dealkylation sites (N-methyl/N-ethyl adjacent to an activating group) is 1. The minimum atomic E-state index is -0.173. The molecule has 1 aromatic carbocycles. The summed E-state index contributed by atoms with van der Waals surface area (Å²) in [6.45, 7) is 7.57. The molecule has 1 fully saturated rings. The molecule has 29 heavy (non-hydrogen) atoms. The molecule has 7 heteroatoms. The fourth-order valence-corrected chi connectivity index (χ4v) is 3.97. The summed E-state index contributed by atoms with van der Waals surface area (Å²) in [6, 6.07) is 4.09. The molecule has 0 bridgehead atoms. The van der Waals surface area contributed by atoms with Gasteiger partial charge < -0.3 is 15.1 Å². The lowest BCUT2D eigenvalue weighted by atomic mass is 9.95. The number of aromatic nitrogens is 2. The largest absolute Gasteiger partial charge is 0.355 e. The monoisotopic (exact) mass is 395 g/mol. The number of amides is 2. The van der Waals surface area contributed by atoms with Crippen molar-refractivity contribution < 1.29 is 9.59 Å². The second-order valence-corrected chi connectivity index (χ2v) is 7.84. The van der Waals surface area contributed by atoms with Gasteiger partial charge in [0.25, 0.3) is 0 Å². The third-order valence-electron chi connectivity index (χ3n) is 5.42. The molecular weight excluding hydrogens is 366 g/mol. The Morgan fingerprint density at radius 1 is 1.14 bits per heavy atom. The first-order valence-electron chi connectivity index (χ1n) is 9.98. The zero-order valence-electron chi connectivity index (χ0n) is 17.6. The minimum Gasteiger partial charge on any atom is -0.355 e. The van der Waals surface area contributed by atoms with Crippen LogP contribution in [0.3, 0.4) is 0 Å². The van der Waals surface area contributed by atoms with Crippen molar-refractivity contribution >= 4 is 23.3 Å². The van der Waals surface area contributed by atoms with Crippen LogP contribution in [-0.4, -0.2) is 53.4 Å². The molecule has 1 aromatic heterocycles. The molecule has 0 spiro atoms. The summed E-state index contributed by atoms with van der Waals surface area (Å²) in [4.78, 5) is 37.4. The number of carbonyl (C=O) groups excluding carboxylic acids is 2. The molecule has 0 aliphatic carbocycles. The van der Waals surface area contributed by atoms with E-state index >= 15 is 0 Å². The molecule has 1 N–H and O–H groups in total. The number of aryl methyl sites for hydroxylation is 3. The van der Waals surface area contributed by atoms with E-state index in [1.807, 2.05) is 32.9 Å². The Balaban J connectivity index is 1.52. The quantitative estimate of drug-likeness (QED) is 0.842. The third kappa shape index (κ3) is 5.10. The van der Waals surface area contributed by atoms with Crippen LogP contribution in [-0.2, 0) is 9.59 Å². The van der Waals surface area contributed by atoms with Gasteiger partial charge in [0, 0.05) is 44.1 Å². The maximum atomic E-state index is 12.8. The second-order valence-electron chi connectivity index (χ2n) is 7.84. The predicted octanol–water partition coefficient (Wildman–Crippen LogP) is 2.72. The highest BCUT2D eigenvalue weighted by Crippen LogP contribution is 2.24. The second kappa shape index (κ2) is 9.03. The fraction of sp³-hybridized carbons (Fsp3) is 0.455. The van der Waals surface area contributed by atoms with Crippen molar-refractivity contribution in [1.82, 2.24) is 14.9 Å². The van der Waals surface area contributed by atoms with E-state index in [0.717, 1.165) is 54.1 Å². The van der Waals surface area contributed by atoms with Gasteiger partial charge in [-0.1, -0.05) is 17.7 Å². The van der Waals surface area contributed by atoms with Gasteiger partial charge in [-0.25, -0.2) is 4.98 Å². The standard InChI is InChI=1S/C22H29N5O2/c1-15-11-16(2)21(17(3)12-15)25-20(28)14-26(4)22(29)18-5-9-27(10-6-18)19-13-23-7-8-24-19/h7-8,11-13,18H,5-6,9-10,14H2,1-4H3,(H,25,28). The first-order chi connectivity index (χ1) is 13.8. The number of carbonyl (C=O) groups is 2. The SMILES string of the molecule is Cc1cc(C)c(NC(=O)CN(C)C(=O)C2CCN(c3cnccn3)CC2)c(C)c1. The van der Waals surface area contributed by atoms with Gasteiger partial charge >= 0.3 is 0 Å². The third-order valence-corrected chi connectivity index (χ3v) is 5.42. The van der Waals surface area contributed by atoms with Crippen molar-refractivity contribution in [3.05, 3.63) is 47.4 Å². The van der Waals surface area contributed by atoms with Crippen LogP contribution in [0.4, 0.5) is 11.5 Å². The van der Waals surface area contributed by atoms with E-state index in [1.165, 1.54) is 4.90 Å². The van der Waals surface area contributed by atoms with E-state index in [0.29, 0.717) is 0 Å². The van der Waals surface area contributed by atoms with Crippen LogP contribution in [0.15, 0.2) is 30.7 Å². The van der Waals surface area contributed by atoms with Crippen LogP contribution in [0.2, 0.25) is 0 Å². The molecule has 2 aromatic rings. The van der Waals surface area contributed by atoms with Crippen molar-refractivity contribution in [3.8, 4) is 0 Å². The highest BCUT2D eigenvalue weighted by Gasteiger charge is 2.28. The van der Waals surface area contributed by atoms with E-state index < -0.39 is 0 Å². The van der Waals surface area contributed by atoms with Crippen LogP contribution >= 0.6 is 0 Å². The highest BCUT2D eigenvalue weighted by atomic mass is 16.2. The van der Waals surface area contributed by atoms with E-state index in [2.05, 4.69) is 20.2 Å². The van der Waals surface area contributed by atoms with E-state index in [4.69, 9.17) is 0 Å². The van der Waals surface area contributed by atoms with Crippen LogP contribution < -0.4 is 10.2 Å². The maximum absolute atomic E-state index is 12.8. The van der Waals surface area contributed by atoms with Crippen LogP contribution in [0.25, 0.3) is 0 Å². The maximum Gasteiger partial charge on any atom is 0.243 e. The van der Waals surface area contributed by atoms with Gasteiger partial charge in [-0.3, -0.25) is 14.6 Å². The molecule has 0 radical (unpaired) electrons.